The van der Waals surface area contributed by atoms with Gasteiger partial charge in [0.15, 0.2) is 0 Å². The van der Waals surface area contributed by atoms with Crippen LogP contribution in [0.5, 0.6) is 0 Å². The number of carbonyl (C=O) groups excluding carboxylic acids is 1. The van der Waals surface area contributed by atoms with Gasteiger partial charge < -0.3 is 16.0 Å². The number of nitrogens with zero attached hydrogens (tertiary/aromatic N) is 1. The monoisotopic (exact) mass is 253 g/mol. The first-order valence-corrected chi connectivity index (χ1v) is 5.93. The van der Waals surface area contributed by atoms with Crippen molar-refractivity contribution in [2.24, 2.45) is 5.73 Å². The van der Waals surface area contributed by atoms with Crippen LogP contribution in [0.4, 0.5) is 4.39 Å². The maximum atomic E-state index is 13.2. The number of amides is 1. The largest absolute Gasteiger partial charge is 0.354 e. The summed E-state index contributed by atoms with van der Waals surface area (Å²) in [7, 11) is 3.79. The molecular weight excluding hydrogens is 233 g/mol. The van der Waals surface area contributed by atoms with Crippen LogP contribution in [0, 0.1) is 5.82 Å². The highest BCUT2D eigenvalue weighted by Crippen LogP contribution is 2.18. The van der Waals surface area contributed by atoms with Crippen molar-refractivity contribution >= 4 is 5.91 Å². The van der Waals surface area contributed by atoms with Crippen molar-refractivity contribution in [2.75, 3.05) is 27.2 Å². The lowest BCUT2D eigenvalue weighted by molar-refractivity contribution is -0.121. The van der Waals surface area contributed by atoms with Crippen molar-refractivity contribution in [2.45, 2.75) is 12.5 Å². The van der Waals surface area contributed by atoms with E-state index in [1.807, 2.05) is 25.1 Å². The van der Waals surface area contributed by atoms with Crippen LogP contribution in [0.3, 0.4) is 0 Å². The molecule has 5 heteroatoms. The second-order valence-electron chi connectivity index (χ2n) is 4.38. The third kappa shape index (κ3) is 4.43. The highest BCUT2D eigenvalue weighted by Gasteiger charge is 2.15. The van der Waals surface area contributed by atoms with Crippen molar-refractivity contribution in [3.05, 3.63) is 35.6 Å². The second kappa shape index (κ2) is 7.08. The van der Waals surface area contributed by atoms with Crippen molar-refractivity contribution < 1.29 is 9.18 Å². The van der Waals surface area contributed by atoms with Crippen LogP contribution in [0.2, 0.25) is 0 Å². The van der Waals surface area contributed by atoms with E-state index in [2.05, 4.69) is 5.32 Å². The molecule has 0 aliphatic carbocycles. The molecule has 0 aromatic heterocycles. The molecule has 0 fully saturated rings. The second-order valence-corrected chi connectivity index (χ2v) is 4.38. The number of nitrogens with one attached hydrogen (secondary N) is 1. The lowest BCUT2D eigenvalue weighted by atomic mass is 10.1. The molecular formula is C13H20FN3O. The van der Waals surface area contributed by atoms with Crippen molar-refractivity contribution in [1.82, 2.24) is 10.2 Å². The molecule has 1 aromatic carbocycles. The van der Waals surface area contributed by atoms with Gasteiger partial charge in [-0.05, 0) is 31.8 Å². The van der Waals surface area contributed by atoms with Crippen LogP contribution in [0.15, 0.2) is 24.3 Å². The Labute approximate surface area is 107 Å². The molecule has 1 amide bonds. The summed E-state index contributed by atoms with van der Waals surface area (Å²) in [4.78, 5) is 13.3. The maximum absolute atomic E-state index is 13.2. The number of nitrogens with two attached hydrogens (primary N) is 1. The van der Waals surface area contributed by atoms with Crippen molar-refractivity contribution in [3.8, 4) is 0 Å². The lowest BCUT2D eigenvalue weighted by Crippen LogP contribution is -2.35. The van der Waals surface area contributed by atoms with Gasteiger partial charge in [0.05, 0.1) is 6.04 Å². The molecule has 4 nitrogen and oxygen atoms in total. The Morgan fingerprint density at radius 3 is 2.78 bits per heavy atom. The quantitative estimate of drug-likeness (QED) is 0.791. The molecule has 18 heavy (non-hydrogen) atoms. The zero-order valence-electron chi connectivity index (χ0n) is 10.8. The summed E-state index contributed by atoms with van der Waals surface area (Å²) in [6.45, 7) is 0.772. The molecule has 1 atom stereocenters. The third-order valence-electron chi connectivity index (χ3n) is 2.72. The predicted molar refractivity (Wildman–Crippen MR) is 69.5 cm³/mol. The number of hydrogen-bond donors (Lipinski definition) is 2. The molecule has 1 unspecified atom stereocenters. The van der Waals surface area contributed by atoms with E-state index in [-0.39, 0.29) is 17.8 Å². The summed E-state index contributed by atoms with van der Waals surface area (Å²) >= 11 is 0. The summed E-state index contributed by atoms with van der Waals surface area (Å²) in [6, 6.07) is 6.36. The number of rotatable bonds is 6. The molecule has 1 rings (SSSR count). The third-order valence-corrected chi connectivity index (χ3v) is 2.72. The summed E-state index contributed by atoms with van der Waals surface area (Å²) < 4.78 is 13.2. The number of hydrogen-bond acceptors (Lipinski definition) is 3. The summed E-state index contributed by atoms with van der Waals surface area (Å²) in [5, 5.41) is 2.80. The Bertz CT molecular complexity index is 396. The van der Waals surface area contributed by atoms with Crippen LogP contribution in [-0.4, -0.2) is 38.0 Å². The Balaban J connectivity index is 2.69. The molecule has 0 spiro atoms. The fourth-order valence-corrected chi connectivity index (χ4v) is 1.74. The Hall–Kier alpha value is -1.46. The van der Waals surface area contributed by atoms with Gasteiger partial charge >= 0.3 is 0 Å². The predicted octanol–water partition coefficient (Wildman–Crippen LogP) is 0.893. The molecule has 3 N–H and O–H groups in total. The molecule has 100 valence electrons. The van der Waals surface area contributed by atoms with Crippen molar-refractivity contribution in [3.63, 3.8) is 0 Å². The number of likely N-dealkylation sites (N-methyl/N-ethyl adjacent to an activating group) is 1. The average molecular weight is 253 g/mol. The van der Waals surface area contributed by atoms with Crippen LogP contribution >= 0.6 is 0 Å². The van der Waals surface area contributed by atoms with E-state index >= 15 is 0 Å². The lowest BCUT2D eigenvalue weighted by Gasteiger charge is -2.25. The van der Waals surface area contributed by atoms with E-state index in [4.69, 9.17) is 5.73 Å². The van der Waals surface area contributed by atoms with E-state index in [1.54, 1.807) is 6.07 Å². The van der Waals surface area contributed by atoms with E-state index in [9.17, 15) is 9.18 Å². The molecule has 0 bridgehead atoms. The number of benzene rings is 1. The van der Waals surface area contributed by atoms with Gasteiger partial charge in [-0.2, -0.15) is 0 Å². The standard InChI is InChI=1S/C13H20FN3O/c1-17(2)12(9-16-13(18)6-7-15)10-4-3-5-11(14)8-10/h3-5,8,12H,6-7,9,15H2,1-2H3,(H,16,18). The van der Waals surface area contributed by atoms with Gasteiger partial charge in [-0.15, -0.1) is 0 Å². The van der Waals surface area contributed by atoms with Crippen LogP contribution < -0.4 is 11.1 Å². The van der Waals surface area contributed by atoms with Gasteiger partial charge in [0, 0.05) is 19.5 Å². The fraction of sp³-hybridized carbons (Fsp3) is 0.462. The van der Waals surface area contributed by atoms with E-state index in [0.717, 1.165) is 5.56 Å². The zero-order valence-corrected chi connectivity index (χ0v) is 10.8. The fourth-order valence-electron chi connectivity index (χ4n) is 1.74. The van der Waals surface area contributed by atoms with Crippen molar-refractivity contribution in [1.29, 1.82) is 0 Å². The first-order chi connectivity index (χ1) is 8.54. The Morgan fingerprint density at radius 2 is 2.22 bits per heavy atom. The van der Waals surface area contributed by atoms with Crippen LogP contribution in [0.1, 0.15) is 18.0 Å². The minimum absolute atomic E-state index is 0.0533. The SMILES string of the molecule is CN(C)C(CNC(=O)CCN)c1cccc(F)c1. The highest BCUT2D eigenvalue weighted by atomic mass is 19.1. The van der Waals surface area contributed by atoms with Gasteiger partial charge in [0.1, 0.15) is 5.82 Å². The van der Waals surface area contributed by atoms with Gasteiger partial charge in [-0.1, -0.05) is 12.1 Å². The van der Waals surface area contributed by atoms with Crippen LogP contribution in [0.25, 0.3) is 0 Å². The van der Waals surface area contributed by atoms with Gasteiger partial charge in [0.2, 0.25) is 5.91 Å². The maximum Gasteiger partial charge on any atom is 0.221 e. The molecule has 0 aliphatic heterocycles. The van der Waals surface area contributed by atoms with Gasteiger partial charge in [0.25, 0.3) is 0 Å². The van der Waals surface area contributed by atoms with E-state index < -0.39 is 0 Å². The molecule has 1 aromatic rings. The molecule has 0 saturated carbocycles. The first-order valence-electron chi connectivity index (χ1n) is 5.93. The summed E-state index contributed by atoms with van der Waals surface area (Å²) in [5.41, 5.74) is 6.15. The molecule has 0 saturated heterocycles. The van der Waals surface area contributed by atoms with Crippen LogP contribution in [-0.2, 0) is 4.79 Å². The zero-order chi connectivity index (χ0) is 13.5. The van der Waals surface area contributed by atoms with E-state index in [0.29, 0.717) is 19.5 Å². The first kappa shape index (κ1) is 14.6. The molecule has 0 aliphatic rings. The van der Waals surface area contributed by atoms with Gasteiger partial charge in [-0.3, -0.25) is 4.79 Å². The smallest absolute Gasteiger partial charge is 0.221 e. The minimum atomic E-state index is -0.271. The summed E-state index contributed by atoms with van der Waals surface area (Å²) in [6.07, 6.45) is 0.309. The number of carbonyl (C=O) groups is 1. The Morgan fingerprint density at radius 1 is 1.50 bits per heavy atom. The topological polar surface area (TPSA) is 58.4 Å². The minimum Gasteiger partial charge on any atom is -0.354 e. The number of halogens is 1. The summed E-state index contributed by atoms with van der Waals surface area (Å²) in [5.74, 6) is -0.353. The molecule has 0 heterocycles. The normalized spacial score (nSPS) is 12.5. The average Bonchev–Trinajstić information content (AvgIpc) is 2.29. The molecule has 0 radical (unpaired) electrons. The Kier molecular flexibility index (Phi) is 5.74. The van der Waals surface area contributed by atoms with E-state index in [1.165, 1.54) is 12.1 Å². The highest BCUT2D eigenvalue weighted by molar-refractivity contribution is 5.76. The van der Waals surface area contributed by atoms with Gasteiger partial charge in [-0.25, -0.2) is 4.39 Å².